The van der Waals surface area contributed by atoms with Crippen molar-refractivity contribution in [2.24, 2.45) is 10.3 Å². The number of anilines is 2. The SMILES string of the molecule is O=C(OCCN(C1=NS(=O)(=O)c2ccccc21)c1ccccc1)C1CC(=O)N(c2ccccc2)C1. The molecule has 1 saturated heterocycles. The zero-order valence-electron chi connectivity index (χ0n) is 18.8. The van der Waals surface area contributed by atoms with Crippen LogP contribution in [-0.2, 0) is 24.3 Å². The lowest BCUT2D eigenvalue weighted by Gasteiger charge is -2.25. The Morgan fingerprint density at radius 1 is 0.971 bits per heavy atom. The molecule has 0 saturated carbocycles. The molecule has 8 nitrogen and oxygen atoms in total. The molecule has 3 aromatic carbocycles. The predicted octanol–water partition coefficient (Wildman–Crippen LogP) is 3.24. The third kappa shape index (κ3) is 4.54. The van der Waals surface area contributed by atoms with Crippen LogP contribution in [0.25, 0.3) is 0 Å². The lowest BCUT2D eigenvalue weighted by Crippen LogP contribution is -2.35. The molecule has 2 aliphatic heterocycles. The molecule has 0 N–H and O–H groups in total. The van der Waals surface area contributed by atoms with E-state index in [1.54, 1.807) is 28.0 Å². The molecule has 1 atom stereocenters. The minimum Gasteiger partial charge on any atom is -0.464 e. The summed E-state index contributed by atoms with van der Waals surface area (Å²) in [5, 5.41) is 0. The van der Waals surface area contributed by atoms with E-state index >= 15 is 0 Å². The number of esters is 1. The van der Waals surface area contributed by atoms with Gasteiger partial charge in [-0.1, -0.05) is 48.5 Å². The highest BCUT2D eigenvalue weighted by Crippen LogP contribution is 2.30. The van der Waals surface area contributed by atoms with E-state index < -0.39 is 21.9 Å². The minimum absolute atomic E-state index is 0.00495. The van der Waals surface area contributed by atoms with Gasteiger partial charge < -0.3 is 14.5 Å². The van der Waals surface area contributed by atoms with Crippen LogP contribution in [-0.4, -0.2) is 45.8 Å². The number of nitrogens with zero attached hydrogens (tertiary/aromatic N) is 3. The number of hydrogen-bond acceptors (Lipinski definition) is 6. The van der Waals surface area contributed by atoms with Gasteiger partial charge in [-0.2, -0.15) is 8.42 Å². The van der Waals surface area contributed by atoms with Gasteiger partial charge in [-0.15, -0.1) is 4.40 Å². The van der Waals surface area contributed by atoms with Crippen molar-refractivity contribution in [2.75, 3.05) is 29.5 Å². The second-order valence-electron chi connectivity index (χ2n) is 8.28. The van der Waals surface area contributed by atoms with E-state index in [1.807, 2.05) is 60.7 Å². The molecule has 9 heteroatoms. The number of hydrogen-bond donors (Lipinski definition) is 0. The molecule has 178 valence electrons. The van der Waals surface area contributed by atoms with E-state index in [9.17, 15) is 18.0 Å². The molecule has 0 spiro atoms. The summed E-state index contributed by atoms with van der Waals surface area (Å²) in [5.74, 6) is -0.843. The van der Waals surface area contributed by atoms with Crippen molar-refractivity contribution in [3.63, 3.8) is 0 Å². The van der Waals surface area contributed by atoms with Gasteiger partial charge in [-0.3, -0.25) is 9.59 Å². The van der Waals surface area contributed by atoms with Crippen LogP contribution < -0.4 is 9.80 Å². The molecule has 1 unspecified atom stereocenters. The van der Waals surface area contributed by atoms with Gasteiger partial charge in [0.05, 0.1) is 12.5 Å². The fraction of sp³-hybridized carbons (Fsp3) is 0.192. The first-order valence-electron chi connectivity index (χ1n) is 11.2. The highest BCUT2D eigenvalue weighted by atomic mass is 32.2. The molecule has 2 heterocycles. The normalized spacial score (nSPS) is 18.2. The van der Waals surface area contributed by atoms with Crippen LogP contribution in [0.15, 0.2) is 94.2 Å². The Balaban J connectivity index is 1.30. The number of carbonyl (C=O) groups is 2. The number of fused-ring (bicyclic) bond motifs is 1. The number of sulfonamides is 1. The van der Waals surface area contributed by atoms with Gasteiger partial charge in [-0.25, -0.2) is 0 Å². The van der Waals surface area contributed by atoms with Crippen LogP contribution in [0.2, 0.25) is 0 Å². The van der Waals surface area contributed by atoms with Crippen molar-refractivity contribution >= 4 is 39.1 Å². The fourth-order valence-corrected chi connectivity index (χ4v) is 5.54. The zero-order valence-corrected chi connectivity index (χ0v) is 19.6. The summed E-state index contributed by atoms with van der Waals surface area (Å²) in [6, 6.07) is 25.1. The molecular formula is C26H23N3O5S. The molecule has 1 amide bonds. The van der Waals surface area contributed by atoms with Crippen LogP contribution in [0, 0.1) is 5.92 Å². The van der Waals surface area contributed by atoms with Crippen LogP contribution in [0.1, 0.15) is 12.0 Å². The Hall–Kier alpha value is -3.98. The second kappa shape index (κ2) is 9.34. The van der Waals surface area contributed by atoms with Crippen molar-refractivity contribution < 1.29 is 22.7 Å². The Morgan fingerprint density at radius 3 is 2.37 bits per heavy atom. The molecule has 0 radical (unpaired) electrons. The number of amides is 1. The van der Waals surface area contributed by atoms with Crippen molar-refractivity contribution in [2.45, 2.75) is 11.3 Å². The fourth-order valence-electron chi connectivity index (χ4n) is 4.33. The first-order chi connectivity index (χ1) is 16.9. The average Bonchev–Trinajstić information content (AvgIpc) is 3.40. The smallest absolute Gasteiger partial charge is 0.311 e. The summed E-state index contributed by atoms with van der Waals surface area (Å²) in [7, 11) is -3.81. The van der Waals surface area contributed by atoms with Gasteiger partial charge in [0.1, 0.15) is 11.5 Å². The Morgan fingerprint density at radius 2 is 1.63 bits per heavy atom. The number of para-hydroxylation sites is 2. The standard InChI is InChI=1S/C26H23N3O5S/c30-24-17-19(18-29(24)21-11-5-2-6-12-21)26(31)34-16-15-28(20-9-3-1-4-10-20)25-22-13-7-8-14-23(22)35(32,33)27-25/h1-14,19H,15-18H2. The highest BCUT2D eigenvalue weighted by Gasteiger charge is 2.36. The number of benzene rings is 3. The predicted molar refractivity (Wildman–Crippen MR) is 132 cm³/mol. The van der Waals surface area contributed by atoms with E-state index in [4.69, 9.17) is 4.74 Å². The molecule has 35 heavy (non-hydrogen) atoms. The number of rotatable bonds is 6. The van der Waals surface area contributed by atoms with Crippen LogP contribution in [0.5, 0.6) is 0 Å². The van der Waals surface area contributed by atoms with Crippen LogP contribution >= 0.6 is 0 Å². The van der Waals surface area contributed by atoms with E-state index in [0.717, 1.165) is 11.4 Å². The lowest BCUT2D eigenvalue weighted by molar-refractivity contribution is -0.148. The summed E-state index contributed by atoms with van der Waals surface area (Å²) >= 11 is 0. The first-order valence-corrected chi connectivity index (χ1v) is 12.7. The third-order valence-corrected chi connectivity index (χ3v) is 7.35. The molecule has 0 aromatic heterocycles. The van der Waals surface area contributed by atoms with Gasteiger partial charge >= 0.3 is 5.97 Å². The van der Waals surface area contributed by atoms with Gasteiger partial charge in [0.15, 0.2) is 5.84 Å². The van der Waals surface area contributed by atoms with Crippen molar-refractivity contribution in [3.8, 4) is 0 Å². The van der Waals surface area contributed by atoms with Crippen LogP contribution in [0.3, 0.4) is 0 Å². The van der Waals surface area contributed by atoms with E-state index in [0.29, 0.717) is 5.56 Å². The Kier molecular flexibility index (Phi) is 6.08. The van der Waals surface area contributed by atoms with Gasteiger partial charge in [0.25, 0.3) is 10.0 Å². The molecular weight excluding hydrogens is 466 g/mol. The number of carbonyl (C=O) groups excluding carboxylic acids is 2. The monoisotopic (exact) mass is 489 g/mol. The summed E-state index contributed by atoms with van der Waals surface area (Å²) in [5.41, 5.74) is 1.98. The molecule has 2 aliphatic rings. The summed E-state index contributed by atoms with van der Waals surface area (Å²) in [6.45, 7) is 0.467. The maximum absolute atomic E-state index is 12.8. The highest BCUT2D eigenvalue weighted by molar-refractivity contribution is 7.90. The summed E-state index contributed by atoms with van der Waals surface area (Å²) < 4.78 is 34.8. The van der Waals surface area contributed by atoms with Gasteiger partial charge in [-0.05, 0) is 36.4 Å². The first kappa shape index (κ1) is 22.8. The molecule has 3 aromatic rings. The van der Waals surface area contributed by atoms with Crippen LogP contribution in [0.4, 0.5) is 11.4 Å². The van der Waals surface area contributed by atoms with Gasteiger partial charge in [0, 0.05) is 29.9 Å². The minimum atomic E-state index is -3.81. The van der Waals surface area contributed by atoms with E-state index in [1.165, 1.54) is 6.07 Å². The second-order valence-corrected chi connectivity index (χ2v) is 9.85. The molecule has 5 rings (SSSR count). The zero-order chi connectivity index (χ0) is 24.4. The van der Waals surface area contributed by atoms with Gasteiger partial charge in [0.2, 0.25) is 5.91 Å². The third-order valence-electron chi connectivity index (χ3n) is 6.02. The van der Waals surface area contributed by atoms with Crippen molar-refractivity contribution in [1.29, 1.82) is 0 Å². The Labute approximate surface area is 203 Å². The molecule has 0 aliphatic carbocycles. The summed E-state index contributed by atoms with van der Waals surface area (Å²) in [6.07, 6.45) is 0.0917. The molecule has 0 bridgehead atoms. The van der Waals surface area contributed by atoms with E-state index in [2.05, 4.69) is 4.40 Å². The Bertz CT molecular complexity index is 1390. The number of ether oxygens (including phenoxy) is 1. The van der Waals surface area contributed by atoms with E-state index in [-0.39, 0.29) is 42.8 Å². The lowest BCUT2D eigenvalue weighted by atomic mass is 10.1. The quantitative estimate of drug-likeness (QED) is 0.493. The molecule has 1 fully saturated rings. The van der Waals surface area contributed by atoms with Crippen molar-refractivity contribution in [3.05, 3.63) is 90.5 Å². The maximum atomic E-state index is 12.8. The average molecular weight is 490 g/mol. The largest absolute Gasteiger partial charge is 0.464 e. The van der Waals surface area contributed by atoms with Crippen molar-refractivity contribution in [1.82, 2.24) is 0 Å². The number of amidine groups is 1. The maximum Gasteiger partial charge on any atom is 0.311 e. The topological polar surface area (TPSA) is 96.3 Å². The summed E-state index contributed by atoms with van der Waals surface area (Å²) in [4.78, 5) is 28.7.